The molecule has 0 radical (unpaired) electrons. The van der Waals surface area contributed by atoms with Gasteiger partial charge in [-0.2, -0.15) is 5.26 Å². The van der Waals surface area contributed by atoms with Crippen molar-refractivity contribution in [2.75, 3.05) is 0 Å². The molecule has 2 atom stereocenters. The number of hydrogen-bond acceptors (Lipinski definition) is 2. The van der Waals surface area contributed by atoms with Crippen molar-refractivity contribution in [1.29, 1.82) is 5.26 Å². The van der Waals surface area contributed by atoms with Crippen LogP contribution in [0.25, 0.3) is 10.8 Å². The average Bonchev–Trinajstić information content (AvgIpc) is 2.56. The summed E-state index contributed by atoms with van der Waals surface area (Å²) in [6.07, 6.45) is 2.85. The SMILES string of the molecule is N#CC(c1ccccc1)C([O-])C[n+]1ccc2ccccc2c1. The molecule has 3 rings (SSSR count). The molecule has 0 aliphatic carbocycles. The van der Waals surface area contributed by atoms with Crippen LogP contribution in [0.3, 0.4) is 0 Å². The van der Waals surface area contributed by atoms with Crippen molar-refractivity contribution in [3.8, 4) is 6.07 Å². The van der Waals surface area contributed by atoms with Crippen molar-refractivity contribution < 1.29 is 9.67 Å². The zero-order chi connectivity index (χ0) is 15.4. The topological polar surface area (TPSA) is 50.7 Å². The molecule has 1 aromatic heterocycles. The van der Waals surface area contributed by atoms with Gasteiger partial charge in [-0.05, 0) is 23.1 Å². The summed E-state index contributed by atoms with van der Waals surface area (Å²) < 4.78 is 1.87. The second-order valence-electron chi connectivity index (χ2n) is 5.33. The number of nitrogens with zero attached hydrogens (tertiary/aromatic N) is 2. The number of benzene rings is 2. The minimum atomic E-state index is -1.00. The van der Waals surface area contributed by atoms with Crippen LogP contribution in [0.5, 0.6) is 0 Å². The Kier molecular flexibility index (Phi) is 4.13. The van der Waals surface area contributed by atoms with E-state index in [9.17, 15) is 10.4 Å². The minimum absolute atomic E-state index is 0.276. The van der Waals surface area contributed by atoms with Gasteiger partial charge in [-0.25, -0.2) is 4.57 Å². The van der Waals surface area contributed by atoms with E-state index in [0.717, 1.165) is 16.3 Å². The van der Waals surface area contributed by atoms with Gasteiger partial charge in [-0.1, -0.05) is 48.5 Å². The van der Waals surface area contributed by atoms with Gasteiger partial charge in [0.1, 0.15) is 6.54 Å². The van der Waals surface area contributed by atoms with Crippen LogP contribution in [0, 0.1) is 11.3 Å². The summed E-state index contributed by atoms with van der Waals surface area (Å²) in [6, 6.07) is 21.4. The third-order valence-electron chi connectivity index (χ3n) is 3.81. The van der Waals surface area contributed by atoms with Crippen LogP contribution in [-0.4, -0.2) is 6.10 Å². The Morgan fingerprint density at radius 1 is 0.955 bits per heavy atom. The largest absolute Gasteiger partial charge is 0.846 e. The molecular weight excluding hydrogens is 272 g/mol. The lowest BCUT2D eigenvalue weighted by molar-refractivity contribution is -0.721. The van der Waals surface area contributed by atoms with E-state index in [1.165, 1.54) is 0 Å². The van der Waals surface area contributed by atoms with Crippen molar-refractivity contribution in [2.24, 2.45) is 0 Å². The number of pyridine rings is 1. The van der Waals surface area contributed by atoms with Crippen molar-refractivity contribution in [3.05, 3.63) is 78.6 Å². The molecule has 2 unspecified atom stereocenters. The number of rotatable bonds is 4. The normalized spacial score (nSPS) is 13.5. The molecule has 0 N–H and O–H groups in total. The van der Waals surface area contributed by atoms with Crippen molar-refractivity contribution in [1.82, 2.24) is 0 Å². The number of hydrogen-bond donors (Lipinski definition) is 0. The summed E-state index contributed by atoms with van der Waals surface area (Å²) in [4.78, 5) is 0. The highest BCUT2D eigenvalue weighted by molar-refractivity contribution is 5.80. The fourth-order valence-corrected chi connectivity index (χ4v) is 2.64. The zero-order valence-corrected chi connectivity index (χ0v) is 12.1. The summed E-state index contributed by atoms with van der Waals surface area (Å²) in [7, 11) is 0. The van der Waals surface area contributed by atoms with Crippen LogP contribution in [-0.2, 0) is 6.54 Å². The molecule has 108 valence electrons. The first-order valence-electron chi connectivity index (χ1n) is 7.26. The van der Waals surface area contributed by atoms with Gasteiger partial charge in [-0.15, -0.1) is 0 Å². The fourth-order valence-electron chi connectivity index (χ4n) is 2.64. The molecule has 0 spiro atoms. The molecule has 0 amide bonds. The van der Waals surface area contributed by atoms with Gasteiger partial charge < -0.3 is 5.11 Å². The van der Waals surface area contributed by atoms with E-state index in [1.54, 1.807) is 0 Å². The van der Waals surface area contributed by atoms with E-state index in [-0.39, 0.29) is 6.54 Å². The fraction of sp³-hybridized carbons (Fsp3) is 0.158. The van der Waals surface area contributed by atoms with Gasteiger partial charge in [0.05, 0.1) is 12.0 Å². The molecule has 3 nitrogen and oxygen atoms in total. The standard InChI is InChI=1S/C19H16N2O/c20-12-18(16-7-2-1-3-8-16)19(22)14-21-11-10-15-6-4-5-9-17(15)13-21/h1-11,13,18-19H,14H2. The summed E-state index contributed by atoms with van der Waals surface area (Å²) in [5.74, 6) is -0.639. The van der Waals surface area contributed by atoms with Crippen molar-refractivity contribution in [2.45, 2.75) is 18.6 Å². The molecule has 3 aromatic rings. The van der Waals surface area contributed by atoms with E-state index < -0.39 is 12.0 Å². The van der Waals surface area contributed by atoms with Gasteiger partial charge in [0.25, 0.3) is 0 Å². The lowest BCUT2D eigenvalue weighted by Crippen LogP contribution is -2.47. The molecule has 0 bridgehead atoms. The van der Waals surface area contributed by atoms with Crippen LogP contribution in [0.15, 0.2) is 73.1 Å². The average molecular weight is 288 g/mol. The maximum atomic E-state index is 12.5. The Bertz CT molecular complexity index is 808. The highest BCUT2D eigenvalue weighted by atomic mass is 16.3. The number of nitriles is 1. The molecule has 22 heavy (non-hydrogen) atoms. The molecule has 0 aliphatic heterocycles. The van der Waals surface area contributed by atoms with E-state index in [2.05, 4.69) is 6.07 Å². The summed E-state index contributed by atoms with van der Waals surface area (Å²) in [5, 5.41) is 24.1. The van der Waals surface area contributed by atoms with Crippen LogP contribution < -0.4 is 9.67 Å². The molecular formula is C19H16N2O. The Hall–Kier alpha value is -2.70. The number of fused-ring (bicyclic) bond motifs is 1. The minimum Gasteiger partial charge on any atom is -0.846 e. The molecule has 3 heteroatoms. The highest BCUT2D eigenvalue weighted by Gasteiger charge is 2.17. The van der Waals surface area contributed by atoms with Crippen molar-refractivity contribution in [3.63, 3.8) is 0 Å². The van der Waals surface area contributed by atoms with Gasteiger partial charge in [0.15, 0.2) is 12.4 Å². The van der Waals surface area contributed by atoms with Crippen LogP contribution in [0.4, 0.5) is 0 Å². The molecule has 1 heterocycles. The zero-order valence-electron chi connectivity index (χ0n) is 12.1. The molecule has 0 fully saturated rings. The van der Waals surface area contributed by atoms with E-state index >= 15 is 0 Å². The Labute approximate surface area is 129 Å². The summed E-state index contributed by atoms with van der Waals surface area (Å²) in [5.41, 5.74) is 0.784. The quantitative estimate of drug-likeness (QED) is 0.691. The molecule has 0 saturated carbocycles. The summed E-state index contributed by atoms with van der Waals surface area (Å²) in [6.45, 7) is 0.276. The first-order valence-corrected chi connectivity index (χ1v) is 7.26. The molecule has 0 saturated heterocycles. The predicted molar refractivity (Wildman–Crippen MR) is 82.7 cm³/mol. The second-order valence-corrected chi connectivity index (χ2v) is 5.33. The third kappa shape index (κ3) is 2.98. The van der Waals surface area contributed by atoms with Crippen molar-refractivity contribution >= 4 is 10.8 Å². The smallest absolute Gasteiger partial charge is 0.176 e. The number of aromatic nitrogens is 1. The van der Waals surface area contributed by atoms with Gasteiger partial charge in [-0.3, -0.25) is 0 Å². The lowest BCUT2D eigenvalue weighted by Gasteiger charge is -2.24. The van der Waals surface area contributed by atoms with Gasteiger partial charge >= 0.3 is 0 Å². The monoisotopic (exact) mass is 288 g/mol. The van der Waals surface area contributed by atoms with Gasteiger partial charge in [0.2, 0.25) is 0 Å². The summed E-state index contributed by atoms with van der Waals surface area (Å²) >= 11 is 0. The lowest BCUT2D eigenvalue weighted by atomic mass is 9.95. The highest BCUT2D eigenvalue weighted by Crippen LogP contribution is 2.17. The Balaban J connectivity index is 1.82. The van der Waals surface area contributed by atoms with E-state index in [0.29, 0.717) is 0 Å². The Morgan fingerprint density at radius 3 is 2.36 bits per heavy atom. The first-order chi connectivity index (χ1) is 10.8. The van der Waals surface area contributed by atoms with Crippen LogP contribution in [0.2, 0.25) is 0 Å². The second kappa shape index (κ2) is 6.38. The van der Waals surface area contributed by atoms with E-state index in [1.807, 2.05) is 77.6 Å². The molecule has 0 aliphatic rings. The van der Waals surface area contributed by atoms with Crippen LogP contribution in [0.1, 0.15) is 11.5 Å². The van der Waals surface area contributed by atoms with Crippen LogP contribution >= 0.6 is 0 Å². The Morgan fingerprint density at radius 2 is 1.64 bits per heavy atom. The molecule has 2 aromatic carbocycles. The maximum absolute atomic E-state index is 12.5. The third-order valence-corrected chi connectivity index (χ3v) is 3.81. The predicted octanol–water partition coefficient (Wildman–Crippen LogP) is 2.16. The maximum Gasteiger partial charge on any atom is 0.176 e. The first kappa shape index (κ1) is 14.2. The van der Waals surface area contributed by atoms with Gasteiger partial charge in [0, 0.05) is 11.5 Å². The van der Waals surface area contributed by atoms with E-state index in [4.69, 9.17) is 0 Å².